The number of aliphatic hydroxyl groups is 1. The third-order valence-corrected chi connectivity index (χ3v) is 12.7. The maximum absolute atomic E-state index is 12.9. The lowest BCUT2D eigenvalue weighted by atomic mass is 10.0. The van der Waals surface area contributed by atoms with Gasteiger partial charge in [-0.3, -0.25) is 4.79 Å². The Morgan fingerprint density at radius 1 is 0.966 bits per heavy atom. The molecule has 1 rings (SSSR count). The molecule has 0 unspecified atom stereocenters. The van der Waals surface area contributed by atoms with Gasteiger partial charge in [-0.2, -0.15) is 0 Å². The highest BCUT2D eigenvalue weighted by Crippen LogP contribution is 2.42. The van der Waals surface area contributed by atoms with E-state index in [1.165, 1.54) is 0 Å². The van der Waals surface area contributed by atoms with Gasteiger partial charge in [-0.05, 0) is 35.5 Å². The lowest BCUT2D eigenvalue weighted by Gasteiger charge is -2.42. The van der Waals surface area contributed by atoms with E-state index in [4.69, 9.17) is 4.43 Å². The van der Waals surface area contributed by atoms with Gasteiger partial charge in [0.15, 0.2) is 8.32 Å². The molecule has 0 bridgehead atoms. The Balaban J connectivity index is 2.71. The molecule has 166 valence electrons. The molecule has 1 amide bonds. The van der Waals surface area contributed by atoms with Crippen LogP contribution in [0.2, 0.25) is 16.6 Å². The second-order valence-corrected chi connectivity index (χ2v) is 14.9. The largest absolute Gasteiger partial charge is 0.416 e. The fraction of sp³-hybridized carbons (Fsp3) is 0.708. The van der Waals surface area contributed by atoms with Gasteiger partial charge < -0.3 is 14.4 Å². The van der Waals surface area contributed by atoms with Crippen molar-refractivity contribution in [1.29, 1.82) is 0 Å². The number of aliphatic hydroxyl groups excluding tert-OH is 1. The predicted octanol–water partition coefficient (Wildman–Crippen LogP) is 5.79. The van der Waals surface area contributed by atoms with Gasteiger partial charge in [-0.25, -0.2) is 0 Å². The zero-order valence-electron chi connectivity index (χ0n) is 20.0. The van der Waals surface area contributed by atoms with Gasteiger partial charge in [-0.15, -0.1) is 0 Å². The standard InChI is InChI=1S/C24H43NO3Si/c1-17(2)29(18(3)4,19(5)6)28-16-15-20(7)24(27)25(9)21(8)23(26)22-13-11-10-12-14-22/h10-14,17-21,23,26H,15-16H2,1-9H3/t20-,21+,23-/m0/s1. The first kappa shape index (κ1) is 25.9. The van der Waals surface area contributed by atoms with Crippen LogP contribution in [-0.4, -0.2) is 43.9 Å². The molecule has 4 nitrogen and oxygen atoms in total. The summed E-state index contributed by atoms with van der Waals surface area (Å²) >= 11 is 0. The normalized spacial score (nSPS) is 15.6. The maximum Gasteiger partial charge on any atom is 0.225 e. The second kappa shape index (κ2) is 11.3. The van der Waals surface area contributed by atoms with Crippen LogP contribution in [0.1, 0.15) is 73.5 Å². The Bertz CT molecular complexity index is 596. The molecule has 0 aliphatic rings. The topological polar surface area (TPSA) is 49.8 Å². The van der Waals surface area contributed by atoms with E-state index in [-0.39, 0.29) is 17.9 Å². The summed E-state index contributed by atoms with van der Waals surface area (Å²) in [4.78, 5) is 14.6. The molecule has 0 aliphatic heterocycles. The van der Waals surface area contributed by atoms with Crippen molar-refractivity contribution < 1.29 is 14.3 Å². The molecule has 1 N–H and O–H groups in total. The van der Waals surface area contributed by atoms with E-state index < -0.39 is 14.4 Å². The van der Waals surface area contributed by atoms with Crippen LogP contribution in [0.4, 0.5) is 0 Å². The second-order valence-electron chi connectivity index (χ2n) is 9.40. The van der Waals surface area contributed by atoms with Crippen molar-refractivity contribution in [2.75, 3.05) is 13.7 Å². The lowest BCUT2D eigenvalue weighted by molar-refractivity contribution is -0.138. The highest BCUT2D eigenvalue weighted by molar-refractivity contribution is 6.77. The van der Waals surface area contributed by atoms with Gasteiger partial charge in [0.1, 0.15) is 0 Å². The molecular formula is C24H43NO3Si. The van der Waals surface area contributed by atoms with Gasteiger partial charge in [0, 0.05) is 19.6 Å². The number of carbonyl (C=O) groups excluding carboxylic acids is 1. The molecule has 1 aromatic carbocycles. The van der Waals surface area contributed by atoms with E-state index in [0.717, 1.165) is 5.56 Å². The molecule has 0 radical (unpaired) electrons. The van der Waals surface area contributed by atoms with E-state index in [2.05, 4.69) is 41.5 Å². The monoisotopic (exact) mass is 421 g/mol. The Morgan fingerprint density at radius 3 is 1.90 bits per heavy atom. The van der Waals surface area contributed by atoms with E-state index in [1.54, 1.807) is 11.9 Å². The van der Waals surface area contributed by atoms with Gasteiger partial charge in [-0.1, -0.05) is 78.8 Å². The van der Waals surface area contributed by atoms with Crippen LogP contribution in [0, 0.1) is 5.92 Å². The molecule has 0 heterocycles. The quantitative estimate of drug-likeness (QED) is 0.460. The number of carbonyl (C=O) groups is 1. The molecule has 3 atom stereocenters. The van der Waals surface area contributed by atoms with Crippen LogP contribution >= 0.6 is 0 Å². The summed E-state index contributed by atoms with van der Waals surface area (Å²) < 4.78 is 6.61. The summed E-state index contributed by atoms with van der Waals surface area (Å²) in [6.07, 6.45) is 0.00888. The fourth-order valence-corrected chi connectivity index (χ4v) is 10.2. The van der Waals surface area contributed by atoms with Crippen LogP contribution in [0.15, 0.2) is 30.3 Å². The number of hydrogen-bond donors (Lipinski definition) is 1. The van der Waals surface area contributed by atoms with E-state index in [9.17, 15) is 9.90 Å². The first-order valence-corrected chi connectivity index (χ1v) is 13.2. The van der Waals surface area contributed by atoms with Gasteiger partial charge in [0.25, 0.3) is 0 Å². The summed E-state index contributed by atoms with van der Waals surface area (Å²) in [7, 11) is -0.121. The molecule has 0 saturated carbocycles. The van der Waals surface area contributed by atoms with Crippen molar-refractivity contribution in [3.63, 3.8) is 0 Å². The minimum atomic E-state index is -1.91. The van der Waals surface area contributed by atoms with Crippen molar-refractivity contribution in [2.45, 2.75) is 90.6 Å². The molecule has 0 aliphatic carbocycles. The molecule has 1 aromatic rings. The molecule has 0 fully saturated rings. The third kappa shape index (κ3) is 6.16. The summed E-state index contributed by atoms with van der Waals surface area (Å²) in [5, 5.41) is 10.6. The first-order chi connectivity index (χ1) is 13.5. The summed E-state index contributed by atoms with van der Waals surface area (Å²) in [5.41, 5.74) is 2.45. The minimum absolute atomic E-state index is 0.0574. The first-order valence-electron chi connectivity index (χ1n) is 11.1. The molecule has 5 heteroatoms. The van der Waals surface area contributed by atoms with Crippen molar-refractivity contribution in [2.24, 2.45) is 5.92 Å². The highest BCUT2D eigenvalue weighted by Gasteiger charge is 2.45. The average molecular weight is 422 g/mol. The fourth-order valence-electron chi connectivity index (χ4n) is 4.72. The molecule has 0 saturated heterocycles. The number of likely N-dealkylation sites (N-methyl/N-ethyl adjacent to an activating group) is 1. The Hall–Kier alpha value is -1.17. The smallest absolute Gasteiger partial charge is 0.225 e. The SMILES string of the molecule is CC(C)[Si](OCC[C@H](C)C(=O)N(C)[C@H](C)[C@H](O)c1ccccc1)(C(C)C)C(C)C. The molecule has 29 heavy (non-hydrogen) atoms. The Kier molecular flexibility index (Phi) is 10.1. The summed E-state index contributed by atoms with van der Waals surface area (Å²) in [6, 6.07) is 9.23. The number of rotatable bonds is 11. The number of amides is 1. The zero-order chi connectivity index (χ0) is 22.4. The van der Waals surface area contributed by atoms with Gasteiger partial charge >= 0.3 is 0 Å². The van der Waals surface area contributed by atoms with E-state index >= 15 is 0 Å². The molecule has 0 aromatic heterocycles. The summed E-state index contributed by atoms with van der Waals surface area (Å²) in [6.45, 7) is 18.2. The number of nitrogens with zero attached hydrogens (tertiary/aromatic N) is 1. The van der Waals surface area contributed by atoms with Crippen LogP contribution in [-0.2, 0) is 9.22 Å². The molecule has 0 spiro atoms. The van der Waals surface area contributed by atoms with Crippen molar-refractivity contribution in [3.05, 3.63) is 35.9 Å². The number of benzene rings is 1. The Morgan fingerprint density at radius 2 is 1.45 bits per heavy atom. The van der Waals surface area contributed by atoms with Crippen LogP contribution in [0.3, 0.4) is 0 Å². The molecular weight excluding hydrogens is 378 g/mol. The van der Waals surface area contributed by atoms with Gasteiger partial charge in [0.05, 0.1) is 12.1 Å². The number of hydrogen-bond acceptors (Lipinski definition) is 3. The zero-order valence-corrected chi connectivity index (χ0v) is 21.0. The predicted molar refractivity (Wildman–Crippen MR) is 124 cm³/mol. The average Bonchev–Trinajstić information content (AvgIpc) is 2.68. The van der Waals surface area contributed by atoms with Gasteiger partial charge in [0.2, 0.25) is 5.91 Å². The Labute approximate surface area is 179 Å². The van der Waals surface area contributed by atoms with Crippen molar-refractivity contribution in [1.82, 2.24) is 4.90 Å². The highest BCUT2D eigenvalue weighted by atomic mass is 28.4. The van der Waals surface area contributed by atoms with Crippen molar-refractivity contribution in [3.8, 4) is 0 Å². The third-order valence-electron chi connectivity index (χ3n) is 6.59. The van der Waals surface area contributed by atoms with Crippen LogP contribution in [0.25, 0.3) is 0 Å². The lowest BCUT2D eigenvalue weighted by Crippen LogP contribution is -2.48. The maximum atomic E-state index is 12.9. The van der Waals surface area contributed by atoms with E-state index in [0.29, 0.717) is 29.7 Å². The minimum Gasteiger partial charge on any atom is -0.416 e. The van der Waals surface area contributed by atoms with Crippen LogP contribution in [0.5, 0.6) is 0 Å². The van der Waals surface area contributed by atoms with Crippen molar-refractivity contribution >= 4 is 14.2 Å². The summed E-state index contributed by atoms with van der Waals surface area (Å²) in [5.74, 6) is -0.0781. The van der Waals surface area contributed by atoms with E-state index in [1.807, 2.05) is 44.2 Å². The van der Waals surface area contributed by atoms with Crippen LogP contribution < -0.4 is 0 Å².